The van der Waals surface area contributed by atoms with Gasteiger partial charge in [-0.3, -0.25) is 0 Å². The zero-order chi connectivity index (χ0) is 19.8. The zero-order valence-corrected chi connectivity index (χ0v) is 17.3. The van der Waals surface area contributed by atoms with Gasteiger partial charge in [0, 0.05) is 23.9 Å². The number of pyridine rings is 1. The maximum atomic E-state index is 6.13. The molecule has 1 unspecified atom stereocenters. The molecule has 0 saturated carbocycles. The quantitative estimate of drug-likeness (QED) is 0.625. The van der Waals surface area contributed by atoms with E-state index in [-0.39, 0.29) is 5.92 Å². The van der Waals surface area contributed by atoms with Crippen molar-refractivity contribution in [3.8, 4) is 17.2 Å². The van der Waals surface area contributed by atoms with Crippen molar-refractivity contribution in [2.45, 2.75) is 5.92 Å². The Morgan fingerprint density at radius 2 is 1.93 bits per heavy atom. The molecule has 0 radical (unpaired) electrons. The molecule has 3 aromatic rings. The first-order valence-electron chi connectivity index (χ1n) is 8.73. The molecule has 1 aliphatic heterocycles. The number of rotatable bonds is 4. The predicted molar refractivity (Wildman–Crippen MR) is 113 cm³/mol. The molecule has 28 heavy (non-hydrogen) atoms. The number of allylic oxidation sites excluding steroid dienone is 1. The van der Waals surface area contributed by atoms with Crippen LogP contribution in [0.5, 0.6) is 17.2 Å². The molecule has 0 amide bonds. The van der Waals surface area contributed by atoms with Crippen LogP contribution in [-0.2, 0) is 0 Å². The van der Waals surface area contributed by atoms with Crippen molar-refractivity contribution in [3.05, 3.63) is 64.0 Å². The fraction of sp³-hybridized carbons (Fsp3) is 0.190. The van der Waals surface area contributed by atoms with Gasteiger partial charge in [-0.15, -0.1) is 0 Å². The second kappa shape index (κ2) is 7.24. The van der Waals surface area contributed by atoms with Crippen LogP contribution >= 0.6 is 15.9 Å². The molecule has 144 valence electrons. The molecule has 0 spiro atoms. The number of methoxy groups -OCH3 is 2. The normalized spacial score (nSPS) is 15.4. The highest BCUT2D eigenvalue weighted by Gasteiger charge is 2.26. The molecule has 1 aliphatic rings. The van der Waals surface area contributed by atoms with Crippen LogP contribution in [0.3, 0.4) is 0 Å². The van der Waals surface area contributed by atoms with Gasteiger partial charge in [0.15, 0.2) is 23.1 Å². The lowest BCUT2D eigenvalue weighted by Gasteiger charge is -2.25. The van der Waals surface area contributed by atoms with E-state index < -0.39 is 0 Å². The summed E-state index contributed by atoms with van der Waals surface area (Å²) in [6.07, 6.45) is 1.89. The number of hydrogen-bond donors (Lipinski definition) is 2. The summed E-state index contributed by atoms with van der Waals surface area (Å²) in [7, 11) is 5.07. The van der Waals surface area contributed by atoms with Crippen molar-refractivity contribution in [3.63, 3.8) is 0 Å². The van der Waals surface area contributed by atoms with Gasteiger partial charge in [-0.25, -0.2) is 4.98 Å². The van der Waals surface area contributed by atoms with E-state index >= 15 is 0 Å². The lowest BCUT2D eigenvalue weighted by molar-refractivity contribution is 0.352. The number of hydrogen-bond acceptors (Lipinski definition) is 6. The highest BCUT2D eigenvalue weighted by Crippen LogP contribution is 2.45. The van der Waals surface area contributed by atoms with E-state index in [4.69, 9.17) is 19.9 Å². The Labute approximate surface area is 171 Å². The van der Waals surface area contributed by atoms with E-state index in [9.17, 15) is 0 Å². The molecule has 3 N–H and O–H groups in total. The fourth-order valence-electron chi connectivity index (χ4n) is 3.47. The molecule has 2 heterocycles. The minimum absolute atomic E-state index is 0.107. The first kappa shape index (κ1) is 18.4. The van der Waals surface area contributed by atoms with Crippen LogP contribution in [0.1, 0.15) is 17.0 Å². The summed E-state index contributed by atoms with van der Waals surface area (Å²) >= 11 is 3.57. The average molecular weight is 442 g/mol. The van der Waals surface area contributed by atoms with Gasteiger partial charge < -0.3 is 25.3 Å². The Kier molecular flexibility index (Phi) is 4.77. The van der Waals surface area contributed by atoms with E-state index in [1.807, 2.05) is 43.5 Å². The number of ether oxygens (including phenoxy) is 3. The Morgan fingerprint density at radius 1 is 1.14 bits per heavy atom. The van der Waals surface area contributed by atoms with E-state index in [1.165, 1.54) is 0 Å². The fourth-order valence-corrected chi connectivity index (χ4v) is 4.09. The summed E-state index contributed by atoms with van der Waals surface area (Å²) in [6, 6.07) is 12.0. The maximum absolute atomic E-state index is 6.13. The topological polar surface area (TPSA) is 78.6 Å². The Hall–Kier alpha value is -2.93. The highest BCUT2D eigenvalue weighted by molar-refractivity contribution is 9.10. The van der Waals surface area contributed by atoms with Crippen molar-refractivity contribution in [2.75, 3.05) is 26.6 Å². The van der Waals surface area contributed by atoms with Gasteiger partial charge in [0.05, 0.1) is 18.7 Å². The molecular formula is C21H20BrN3O3. The Balaban J connectivity index is 1.92. The Bertz CT molecular complexity index is 1100. The molecule has 0 bridgehead atoms. The van der Waals surface area contributed by atoms with Gasteiger partial charge in [-0.05, 0) is 51.8 Å². The largest absolute Gasteiger partial charge is 0.493 e. The monoisotopic (exact) mass is 441 g/mol. The number of nitrogens with zero attached hydrogens (tertiary/aromatic N) is 1. The van der Waals surface area contributed by atoms with Crippen molar-refractivity contribution < 1.29 is 14.2 Å². The number of anilines is 1. The number of aromatic nitrogens is 1. The van der Waals surface area contributed by atoms with E-state index in [0.717, 1.165) is 32.3 Å². The SMILES string of the molecule is CNc1ccc2ccc3c(c2n1)OC(N)=CC3c1cc(Br)c(OC)c(OC)c1. The van der Waals surface area contributed by atoms with Gasteiger partial charge in [0.25, 0.3) is 0 Å². The number of benzene rings is 2. The molecule has 7 heteroatoms. The maximum Gasteiger partial charge on any atom is 0.187 e. The zero-order valence-electron chi connectivity index (χ0n) is 15.7. The first-order chi connectivity index (χ1) is 13.5. The van der Waals surface area contributed by atoms with Gasteiger partial charge in [0.2, 0.25) is 0 Å². The lowest BCUT2D eigenvalue weighted by Crippen LogP contribution is -2.16. The highest BCUT2D eigenvalue weighted by atomic mass is 79.9. The van der Waals surface area contributed by atoms with Crippen molar-refractivity contribution in [1.29, 1.82) is 0 Å². The number of halogens is 1. The molecule has 0 saturated heterocycles. The van der Waals surface area contributed by atoms with Gasteiger partial charge >= 0.3 is 0 Å². The smallest absolute Gasteiger partial charge is 0.187 e. The summed E-state index contributed by atoms with van der Waals surface area (Å²) in [6.45, 7) is 0. The third-order valence-electron chi connectivity index (χ3n) is 4.80. The van der Waals surface area contributed by atoms with Crippen LogP contribution in [0.4, 0.5) is 5.82 Å². The van der Waals surface area contributed by atoms with Gasteiger partial charge in [-0.1, -0.05) is 12.1 Å². The second-order valence-electron chi connectivity index (χ2n) is 6.39. The number of nitrogens with two attached hydrogens (primary N) is 1. The second-order valence-corrected chi connectivity index (χ2v) is 7.24. The van der Waals surface area contributed by atoms with E-state index in [0.29, 0.717) is 23.1 Å². The minimum Gasteiger partial charge on any atom is -0.493 e. The number of fused-ring (bicyclic) bond motifs is 3. The third kappa shape index (κ3) is 3.01. The molecule has 1 atom stereocenters. The van der Waals surface area contributed by atoms with Crippen LogP contribution in [-0.4, -0.2) is 26.3 Å². The predicted octanol–water partition coefficient (Wildman–Crippen LogP) is 4.38. The molecule has 6 nitrogen and oxygen atoms in total. The lowest BCUT2D eigenvalue weighted by atomic mass is 9.88. The van der Waals surface area contributed by atoms with E-state index in [1.54, 1.807) is 14.2 Å². The summed E-state index contributed by atoms with van der Waals surface area (Å²) in [5.41, 5.74) is 8.89. The van der Waals surface area contributed by atoms with Crippen LogP contribution in [0.2, 0.25) is 0 Å². The summed E-state index contributed by atoms with van der Waals surface area (Å²) < 4.78 is 17.6. The minimum atomic E-state index is -0.107. The van der Waals surface area contributed by atoms with Gasteiger partial charge in [-0.2, -0.15) is 0 Å². The Morgan fingerprint density at radius 3 is 2.64 bits per heavy atom. The molecule has 4 rings (SSSR count). The summed E-state index contributed by atoms with van der Waals surface area (Å²) in [5, 5.41) is 4.05. The first-order valence-corrected chi connectivity index (χ1v) is 9.53. The van der Waals surface area contributed by atoms with Crippen LogP contribution < -0.4 is 25.3 Å². The molecule has 0 aliphatic carbocycles. The van der Waals surface area contributed by atoms with Crippen molar-refractivity contribution in [2.24, 2.45) is 5.73 Å². The van der Waals surface area contributed by atoms with E-state index in [2.05, 4.69) is 32.3 Å². The van der Waals surface area contributed by atoms with Gasteiger partial charge in [0.1, 0.15) is 11.3 Å². The molecule has 2 aromatic carbocycles. The van der Waals surface area contributed by atoms with Crippen molar-refractivity contribution in [1.82, 2.24) is 4.98 Å². The third-order valence-corrected chi connectivity index (χ3v) is 5.39. The van der Waals surface area contributed by atoms with Crippen LogP contribution in [0, 0.1) is 0 Å². The molecule has 1 aromatic heterocycles. The van der Waals surface area contributed by atoms with Crippen LogP contribution in [0.25, 0.3) is 10.9 Å². The standard InChI is InChI=1S/C21H20BrN3O3/c1-24-18-7-5-11-4-6-13-14(10-17(23)28-20(13)19(11)25-18)12-8-15(22)21(27-3)16(9-12)26-2/h4-10,14H,23H2,1-3H3,(H,24,25). The summed E-state index contributed by atoms with van der Waals surface area (Å²) in [4.78, 5) is 4.68. The van der Waals surface area contributed by atoms with Crippen molar-refractivity contribution >= 4 is 32.7 Å². The molecular weight excluding hydrogens is 422 g/mol. The molecule has 0 fully saturated rings. The average Bonchev–Trinajstić information content (AvgIpc) is 2.71. The number of nitrogens with one attached hydrogen (secondary N) is 1. The summed E-state index contributed by atoms with van der Waals surface area (Å²) in [5.74, 6) is 2.96. The van der Waals surface area contributed by atoms with Crippen LogP contribution in [0.15, 0.2) is 52.8 Å².